The molecule has 1 amide bonds. The van der Waals surface area contributed by atoms with E-state index >= 15 is 0 Å². The number of hydrogen-bond donors (Lipinski definition) is 1. The maximum absolute atomic E-state index is 11.5. The minimum atomic E-state index is -0.346. The Morgan fingerprint density at radius 1 is 1.50 bits per heavy atom. The second-order valence-electron chi connectivity index (χ2n) is 3.53. The van der Waals surface area contributed by atoms with Crippen LogP contribution in [0.4, 0.5) is 0 Å². The molecule has 0 rings (SSSR count). The minimum absolute atomic E-state index is 0.0480. The SMILES string of the molecule is CCCN(C)C(=O)[C@H](N)C(C)C. The Kier molecular flexibility index (Phi) is 4.90. The monoisotopic (exact) mass is 172 g/mol. The standard InChI is InChI=1S/C9H20N2O/c1-5-6-11(4)9(12)8(10)7(2)3/h7-8H,5-6,10H2,1-4H3/t8-/m1/s1. The molecule has 0 aliphatic carbocycles. The highest BCUT2D eigenvalue weighted by Crippen LogP contribution is 2.02. The van der Waals surface area contributed by atoms with Gasteiger partial charge in [-0.1, -0.05) is 20.8 Å². The average molecular weight is 172 g/mol. The number of carbonyl (C=O) groups is 1. The van der Waals surface area contributed by atoms with Crippen LogP contribution >= 0.6 is 0 Å². The molecule has 1 atom stereocenters. The zero-order valence-electron chi connectivity index (χ0n) is 8.50. The van der Waals surface area contributed by atoms with E-state index in [0.29, 0.717) is 0 Å². The molecule has 0 heterocycles. The third kappa shape index (κ3) is 3.22. The van der Waals surface area contributed by atoms with Crippen molar-refractivity contribution in [3.05, 3.63) is 0 Å². The molecule has 12 heavy (non-hydrogen) atoms. The van der Waals surface area contributed by atoms with E-state index in [9.17, 15) is 4.79 Å². The summed E-state index contributed by atoms with van der Waals surface area (Å²) >= 11 is 0. The molecular formula is C9H20N2O. The van der Waals surface area contributed by atoms with E-state index in [1.54, 1.807) is 11.9 Å². The maximum atomic E-state index is 11.5. The Bertz CT molecular complexity index is 145. The second-order valence-corrected chi connectivity index (χ2v) is 3.53. The van der Waals surface area contributed by atoms with Crippen molar-refractivity contribution in [3.63, 3.8) is 0 Å². The summed E-state index contributed by atoms with van der Waals surface area (Å²) in [4.78, 5) is 13.2. The molecule has 72 valence electrons. The molecule has 0 aromatic heterocycles. The van der Waals surface area contributed by atoms with Gasteiger partial charge in [0.25, 0.3) is 0 Å². The maximum Gasteiger partial charge on any atom is 0.239 e. The highest BCUT2D eigenvalue weighted by atomic mass is 16.2. The third-order valence-electron chi connectivity index (χ3n) is 1.94. The molecule has 0 radical (unpaired) electrons. The summed E-state index contributed by atoms with van der Waals surface area (Å²) < 4.78 is 0. The second kappa shape index (κ2) is 5.14. The molecule has 0 spiro atoms. The number of hydrogen-bond acceptors (Lipinski definition) is 2. The zero-order valence-corrected chi connectivity index (χ0v) is 8.50. The van der Waals surface area contributed by atoms with Crippen molar-refractivity contribution in [1.82, 2.24) is 4.90 Å². The third-order valence-corrected chi connectivity index (χ3v) is 1.94. The molecule has 0 aliphatic rings. The van der Waals surface area contributed by atoms with Gasteiger partial charge in [0.1, 0.15) is 0 Å². The molecule has 3 heteroatoms. The fraction of sp³-hybridized carbons (Fsp3) is 0.889. The Morgan fingerprint density at radius 3 is 2.33 bits per heavy atom. The summed E-state index contributed by atoms with van der Waals surface area (Å²) in [6.07, 6.45) is 0.979. The van der Waals surface area contributed by atoms with Gasteiger partial charge in [0.2, 0.25) is 5.91 Å². The van der Waals surface area contributed by atoms with E-state index < -0.39 is 0 Å². The number of carbonyl (C=O) groups excluding carboxylic acids is 1. The lowest BCUT2D eigenvalue weighted by molar-refractivity contribution is -0.132. The lowest BCUT2D eigenvalue weighted by Crippen LogP contribution is -2.45. The number of nitrogens with two attached hydrogens (primary N) is 1. The van der Waals surface area contributed by atoms with Crippen LogP contribution in [0.15, 0.2) is 0 Å². The summed E-state index contributed by atoms with van der Waals surface area (Å²) in [7, 11) is 1.80. The van der Waals surface area contributed by atoms with Crippen LogP contribution in [0.5, 0.6) is 0 Å². The van der Waals surface area contributed by atoms with Gasteiger partial charge in [-0.3, -0.25) is 4.79 Å². The van der Waals surface area contributed by atoms with E-state index in [-0.39, 0.29) is 17.9 Å². The van der Waals surface area contributed by atoms with E-state index in [1.807, 2.05) is 20.8 Å². The Hall–Kier alpha value is -0.570. The molecule has 0 aromatic rings. The normalized spacial score (nSPS) is 13.2. The van der Waals surface area contributed by atoms with Crippen LogP contribution in [-0.2, 0) is 4.79 Å². The van der Waals surface area contributed by atoms with Crippen molar-refractivity contribution < 1.29 is 4.79 Å². The number of nitrogens with zero attached hydrogens (tertiary/aromatic N) is 1. The first-order valence-corrected chi connectivity index (χ1v) is 4.51. The number of likely N-dealkylation sites (N-methyl/N-ethyl adjacent to an activating group) is 1. The van der Waals surface area contributed by atoms with E-state index in [1.165, 1.54) is 0 Å². The molecule has 0 aliphatic heterocycles. The molecule has 0 saturated carbocycles. The zero-order chi connectivity index (χ0) is 9.72. The lowest BCUT2D eigenvalue weighted by atomic mass is 10.0. The van der Waals surface area contributed by atoms with Gasteiger partial charge in [-0.15, -0.1) is 0 Å². The molecule has 0 unspecified atom stereocenters. The summed E-state index contributed by atoms with van der Waals surface area (Å²) in [6.45, 7) is 6.76. The first-order chi connectivity index (χ1) is 5.50. The summed E-state index contributed by atoms with van der Waals surface area (Å²) in [6, 6.07) is -0.346. The summed E-state index contributed by atoms with van der Waals surface area (Å²) in [5, 5.41) is 0. The highest BCUT2D eigenvalue weighted by molar-refractivity contribution is 5.81. The highest BCUT2D eigenvalue weighted by Gasteiger charge is 2.19. The molecule has 0 fully saturated rings. The first kappa shape index (κ1) is 11.4. The van der Waals surface area contributed by atoms with Crippen molar-refractivity contribution in [2.24, 2.45) is 11.7 Å². The van der Waals surface area contributed by atoms with Gasteiger partial charge in [0, 0.05) is 13.6 Å². The molecular weight excluding hydrogens is 152 g/mol. The Morgan fingerprint density at radius 2 is 2.00 bits per heavy atom. The van der Waals surface area contributed by atoms with Gasteiger partial charge >= 0.3 is 0 Å². The smallest absolute Gasteiger partial charge is 0.239 e. The molecule has 0 aromatic carbocycles. The van der Waals surface area contributed by atoms with Crippen LogP contribution < -0.4 is 5.73 Å². The van der Waals surface area contributed by atoms with Crippen LogP contribution in [0.1, 0.15) is 27.2 Å². The van der Waals surface area contributed by atoms with Gasteiger partial charge < -0.3 is 10.6 Å². The fourth-order valence-corrected chi connectivity index (χ4v) is 0.985. The predicted molar refractivity (Wildman–Crippen MR) is 50.7 cm³/mol. The summed E-state index contributed by atoms with van der Waals surface area (Å²) in [5.41, 5.74) is 5.70. The topological polar surface area (TPSA) is 46.3 Å². The minimum Gasteiger partial charge on any atom is -0.344 e. The van der Waals surface area contributed by atoms with Crippen molar-refractivity contribution in [2.75, 3.05) is 13.6 Å². The molecule has 2 N–H and O–H groups in total. The van der Waals surface area contributed by atoms with Crippen molar-refractivity contribution in [2.45, 2.75) is 33.2 Å². The Balaban J connectivity index is 4.00. The van der Waals surface area contributed by atoms with Gasteiger partial charge in [0.15, 0.2) is 0 Å². The van der Waals surface area contributed by atoms with E-state index in [2.05, 4.69) is 0 Å². The number of amides is 1. The van der Waals surface area contributed by atoms with Gasteiger partial charge in [-0.2, -0.15) is 0 Å². The van der Waals surface area contributed by atoms with Crippen LogP contribution in [0.25, 0.3) is 0 Å². The van der Waals surface area contributed by atoms with Gasteiger partial charge in [-0.05, 0) is 12.3 Å². The molecule has 0 bridgehead atoms. The van der Waals surface area contributed by atoms with Crippen molar-refractivity contribution in [3.8, 4) is 0 Å². The first-order valence-electron chi connectivity index (χ1n) is 4.51. The average Bonchev–Trinajstić information content (AvgIpc) is 2.02. The van der Waals surface area contributed by atoms with Gasteiger partial charge in [-0.25, -0.2) is 0 Å². The summed E-state index contributed by atoms with van der Waals surface area (Å²) in [5.74, 6) is 0.267. The van der Waals surface area contributed by atoms with Crippen LogP contribution in [0.2, 0.25) is 0 Å². The lowest BCUT2D eigenvalue weighted by Gasteiger charge is -2.22. The fourth-order valence-electron chi connectivity index (χ4n) is 0.985. The Labute approximate surface area is 74.9 Å². The van der Waals surface area contributed by atoms with Crippen LogP contribution in [-0.4, -0.2) is 30.4 Å². The van der Waals surface area contributed by atoms with E-state index in [0.717, 1.165) is 13.0 Å². The van der Waals surface area contributed by atoms with Crippen molar-refractivity contribution >= 4 is 5.91 Å². The van der Waals surface area contributed by atoms with Crippen molar-refractivity contribution in [1.29, 1.82) is 0 Å². The largest absolute Gasteiger partial charge is 0.344 e. The van der Waals surface area contributed by atoms with Crippen LogP contribution in [0.3, 0.4) is 0 Å². The number of rotatable bonds is 4. The predicted octanol–water partition coefficient (Wildman–Crippen LogP) is 0.838. The molecule has 0 saturated heterocycles. The quantitative estimate of drug-likeness (QED) is 0.683. The van der Waals surface area contributed by atoms with Crippen LogP contribution in [0, 0.1) is 5.92 Å². The van der Waals surface area contributed by atoms with Gasteiger partial charge in [0.05, 0.1) is 6.04 Å². The molecule has 3 nitrogen and oxygen atoms in total. The van der Waals surface area contributed by atoms with E-state index in [4.69, 9.17) is 5.73 Å².